The molecule has 0 heterocycles. The van der Waals surface area contributed by atoms with E-state index in [9.17, 15) is 4.39 Å². The molecule has 1 rings (SSSR count). The molecule has 0 atom stereocenters. The van der Waals surface area contributed by atoms with Crippen molar-refractivity contribution in [1.29, 1.82) is 0 Å². The molecular formula is C11H18Cl3FN2. The molecule has 0 saturated carbocycles. The summed E-state index contributed by atoms with van der Waals surface area (Å²) in [4.78, 5) is 2.07. The standard InChI is InChI=1S/C11H16ClFN2.2ClH/c1-15(2)7-6-14-8-9-10(12)4-3-5-11(9)13;;/h3-5,14H,6-8H2,1-2H3;2*1H. The maximum atomic E-state index is 13.3. The van der Waals surface area contributed by atoms with Gasteiger partial charge in [0.15, 0.2) is 0 Å². The van der Waals surface area contributed by atoms with Crippen molar-refractivity contribution in [1.82, 2.24) is 10.2 Å². The van der Waals surface area contributed by atoms with Crippen molar-refractivity contribution in [3.8, 4) is 0 Å². The molecule has 0 aliphatic heterocycles. The molecular weight excluding hydrogens is 285 g/mol. The zero-order chi connectivity index (χ0) is 11.3. The van der Waals surface area contributed by atoms with Gasteiger partial charge >= 0.3 is 0 Å². The van der Waals surface area contributed by atoms with Crippen LogP contribution >= 0.6 is 36.4 Å². The Morgan fingerprint density at radius 3 is 2.47 bits per heavy atom. The minimum Gasteiger partial charge on any atom is -0.311 e. The molecule has 0 saturated heterocycles. The highest BCUT2D eigenvalue weighted by molar-refractivity contribution is 6.31. The molecule has 0 unspecified atom stereocenters. The van der Waals surface area contributed by atoms with E-state index in [1.165, 1.54) is 6.07 Å². The average molecular weight is 304 g/mol. The fourth-order valence-electron chi connectivity index (χ4n) is 1.22. The summed E-state index contributed by atoms with van der Waals surface area (Å²) in [5, 5.41) is 3.63. The first kappa shape index (κ1) is 19.3. The third-order valence-electron chi connectivity index (χ3n) is 2.10. The molecule has 0 aromatic heterocycles. The second-order valence-corrected chi connectivity index (χ2v) is 4.09. The number of halogens is 4. The Morgan fingerprint density at radius 1 is 1.29 bits per heavy atom. The van der Waals surface area contributed by atoms with Crippen LogP contribution < -0.4 is 5.32 Å². The molecule has 17 heavy (non-hydrogen) atoms. The number of hydrogen-bond acceptors (Lipinski definition) is 2. The van der Waals surface area contributed by atoms with Crippen LogP contribution in [0.1, 0.15) is 5.56 Å². The van der Waals surface area contributed by atoms with E-state index in [2.05, 4.69) is 10.2 Å². The van der Waals surface area contributed by atoms with Crippen molar-refractivity contribution in [2.24, 2.45) is 0 Å². The van der Waals surface area contributed by atoms with Gasteiger partial charge in [0.05, 0.1) is 0 Å². The zero-order valence-electron chi connectivity index (χ0n) is 9.87. The van der Waals surface area contributed by atoms with Gasteiger partial charge in [-0.2, -0.15) is 0 Å². The van der Waals surface area contributed by atoms with Crippen molar-refractivity contribution in [2.75, 3.05) is 27.2 Å². The molecule has 0 spiro atoms. The molecule has 0 fully saturated rings. The molecule has 2 nitrogen and oxygen atoms in total. The van der Waals surface area contributed by atoms with Crippen LogP contribution in [-0.4, -0.2) is 32.1 Å². The normalized spacial score (nSPS) is 9.71. The lowest BCUT2D eigenvalue weighted by atomic mass is 10.2. The first-order valence-corrected chi connectivity index (χ1v) is 5.27. The summed E-state index contributed by atoms with van der Waals surface area (Å²) in [5.74, 6) is -0.250. The average Bonchev–Trinajstić information content (AvgIpc) is 2.15. The highest BCUT2D eigenvalue weighted by Gasteiger charge is 2.05. The van der Waals surface area contributed by atoms with Crippen LogP contribution in [0.25, 0.3) is 0 Å². The lowest BCUT2D eigenvalue weighted by Gasteiger charge is -2.11. The van der Waals surface area contributed by atoms with E-state index in [4.69, 9.17) is 11.6 Å². The third kappa shape index (κ3) is 7.06. The Balaban J connectivity index is 0. The van der Waals surface area contributed by atoms with Crippen molar-refractivity contribution in [3.63, 3.8) is 0 Å². The number of benzene rings is 1. The van der Waals surface area contributed by atoms with E-state index in [-0.39, 0.29) is 30.6 Å². The third-order valence-corrected chi connectivity index (χ3v) is 2.45. The van der Waals surface area contributed by atoms with Gasteiger partial charge in [-0.3, -0.25) is 0 Å². The monoisotopic (exact) mass is 302 g/mol. The van der Waals surface area contributed by atoms with Gasteiger partial charge in [0.25, 0.3) is 0 Å². The van der Waals surface area contributed by atoms with Crippen LogP contribution in [0, 0.1) is 5.82 Å². The van der Waals surface area contributed by atoms with Gasteiger partial charge in [0, 0.05) is 30.2 Å². The highest BCUT2D eigenvalue weighted by Crippen LogP contribution is 2.18. The number of likely N-dealkylation sites (N-methyl/N-ethyl adjacent to an activating group) is 1. The number of rotatable bonds is 5. The predicted molar refractivity (Wildman–Crippen MR) is 76.2 cm³/mol. The van der Waals surface area contributed by atoms with E-state index >= 15 is 0 Å². The first-order chi connectivity index (χ1) is 7.11. The van der Waals surface area contributed by atoms with Crippen molar-refractivity contribution in [2.45, 2.75) is 6.54 Å². The summed E-state index contributed by atoms with van der Waals surface area (Å²) >= 11 is 5.88. The summed E-state index contributed by atoms with van der Waals surface area (Å²) in [6, 6.07) is 4.74. The summed E-state index contributed by atoms with van der Waals surface area (Å²) in [6.07, 6.45) is 0. The topological polar surface area (TPSA) is 15.3 Å². The molecule has 0 radical (unpaired) electrons. The molecule has 0 bridgehead atoms. The Morgan fingerprint density at radius 2 is 1.94 bits per heavy atom. The maximum absolute atomic E-state index is 13.3. The van der Waals surface area contributed by atoms with Gasteiger partial charge in [-0.05, 0) is 26.2 Å². The van der Waals surface area contributed by atoms with Crippen LogP contribution in [0.3, 0.4) is 0 Å². The molecule has 1 N–H and O–H groups in total. The molecule has 1 aromatic carbocycles. The Kier molecular flexibility index (Phi) is 11.3. The van der Waals surface area contributed by atoms with Gasteiger partial charge in [0.1, 0.15) is 5.82 Å². The van der Waals surface area contributed by atoms with Gasteiger partial charge in [0.2, 0.25) is 0 Å². The van der Waals surface area contributed by atoms with Crippen LogP contribution in [0.4, 0.5) is 4.39 Å². The predicted octanol–water partition coefficient (Wildman–Crippen LogP) is 2.97. The molecule has 0 aliphatic rings. The second-order valence-electron chi connectivity index (χ2n) is 3.68. The largest absolute Gasteiger partial charge is 0.311 e. The minimum atomic E-state index is -0.250. The van der Waals surface area contributed by atoms with E-state index in [0.717, 1.165) is 13.1 Å². The smallest absolute Gasteiger partial charge is 0.129 e. The maximum Gasteiger partial charge on any atom is 0.129 e. The zero-order valence-corrected chi connectivity index (χ0v) is 12.3. The van der Waals surface area contributed by atoms with Gasteiger partial charge in [-0.1, -0.05) is 17.7 Å². The van der Waals surface area contributed by atoms with Crippen molar-refractivity contribution in [3.05, 3.63) is 34.6 Å². The van der Waals surface area contributed by atoms with Gasteiger partial charge in [-0.15, -0.1) is 24.8 Å². The first-order valence-electron chi connectivity index (χ1n) is 4.89. The van der Waals surface area contributed by atoms with Gasteiger partial charge < -0.3 is 10.2 Å². The minimum absolute atomic E-state index is 0. The lowest BCUT2D eigenvalue weighted by molar-refractivity contribution is 0.399. The van der Waals surface area contributed by atoms with E-state index in [1.54, 1.807) is 12.1 Å². The fraction of sp³-hybridized carbons (Fsp3) is 0.455. The Bertz CT molecular complexity index is 301. The number of nitrogens with one attached hydrogen (secondary N) is 1. The Labute approximate surface area is 119 Å². The SMILES string of the molecule is CN(C)CCNCc1c(F)cccc1Cl.Cl.Cl. The van der Waals surface area contributed by atoms with E-state index in [0.29, 0.717) is 17.1 Å². The summed E-state index contributed by atoms with van der Waals surface area (Å²) < 4.78 is 13.3. The summed E-state index contributed by atoms with van der Waals surface area (Å²) in [6.45, 7) is 2.21. The fourth-order valence-corrected chi connectivity index (χ4v) is 1.45. The number of hydrogen-bond donors (Lipinski definition) is 1. The highest BCUT2D eigenvalue weighted by atomic mass is 35.5. The second kappa shape index (κ2) is 9.92. The molecule has 0 aliphatic carbocycles. The number of nitrogens with zero attached hydrogens (tertiary/aromatic N) is 1. The summed E-state index contributed by atoms with van der Waals surface area (Å²) in [5.41, 5.74) is 0.540. The van der Waals surface area contributed by atoms with Crippen molar-refractivity contribution < 1.29 is 4.39 Å². The van der Waals surface area contributed by atoms with Crippen LogP contribution in [-0.2, 0) is 6.54 Å². The molecule has 1 aromatic rings. The lowest BCUT2D eigenvalue weighted by Crippen LogP contribution is -2.26. The van der Waals surface area contributed by atoms with E-state index < -0.39 is 0 Å². The van der Waals surface area contributed by atoms with Crippen LogP contribution in [0.5, 0.6) is 0 Å². The van der Waals surface area contributed by atoms with Gasteiger partial charge in [-0.25, -0.2) is 4.39 Å². The van der Waals surface area contributed by atoms with Crippen molar-refractivity contribution >= 4 is 36.4 Å². The van der Waals surface area contributed by atoms with Crippen LogP contribution in [0.15, 0.2) is 18.2 Å². The molecule has 100 valence electrons. The van der Waals surface area contributed by atoms with E-state index in [1.807, 2.05) is 14.1 Å². The Hall–Kier alpha value is -0.0600. The molecule has 6 heteroatoms. The quantitative estimate of drug-likeness (QED) is 0.841. The summed E-state index contributed by atoms with van der Waals surface area (Å²) in [7, 11) is 4.00. The molecule has 0 amide bonds. The van der Waals surface area contributed by atoms with Crippen LogP contribution in [0.2, 0.25) is 5.02 Å².